The number of rotatable bonds is 1. The third-order valence-electron chi connectivity index (χ3n) is 7.32. The van der Waals surface area contributed by atoms with Crippen molar-refractivity contribution >= 4 is 5.78 Å². The molecule has 1 fully saturated rings. The van der Waals surface area contributed by atoms with Gasteiger partial charge < -0.3 is 20.4 Å². The van der Waals surface area contributed by atoms with Gasteiger partial charge in [0.2, 0.25) is 0 Å². The molecule has 4 N–H and O–H groups in total. The first kappa shape index (κ1) is 18.9. The normalized spacial score (nSPS) is 50.4. The maximum Gasteiger partial charge on any atom is 0.190 e. The largest absolute Gasteiger partial charge is 0.392 e. The molecular formula is C20H28N2O5. The molecule has 0 saturated heterocycles. The molecule has 4 aliphatic rings. The summed E-state index contributed by atoms with van der Waals surface area (Å²) in [6.45, 7) is 6.85. The lowest BCUT2D eigenvalue weighted by Gasteiger charge is -2.56. The van der Waals surface area contributed by atoms with Crippen LogP contribution in [-0.4, -0.2) is 55.3 Å². The molecule has 4 rings (SSSR count). The molecule has 0 bridgehead atoms. The number of hydrogen-bond donors (Lipinski definition) is 4. The van der Waals surface area contributed by atoms with E-state index in [2.05, 4.69) is 10.2 Å². The van der Waals surface area contributed by atoms with Crippen molar-refractivity contribution in [2.24, 2.45) is 33.9 Å². The van der Waals surface area contributed by atoms with Crippen LogP contribution in [0.3, 0.4) is 0 Å². The second kappa shape index (κ2) is 5.35. The molecule has 1 saturated carbocycles. The van der Waals surface area contributed by atoms with E-state index in [9.17, 15) is 25.2 Å². The SMILES string of the molecule is CC1=C[C@@H]2C(O)(CC(CO)=CC3C4C(C)(C)N=N[C@]4(O)C[C@@H](C)[C@@]32O)C1=O. The molecule has 0 spiro atoms. The van der Waals surface area contributed by atoms with Crippen molar-refractivity contribution < 1.29 is 25.2 Å². The van der Waals surface area contributed by atoms with Crippen LogP contribution in [0.5, 0.6) is 0 Å². The Kier molecular flexibility index (Phi) is 3.75. The van der Waals surface area contributed by atoms with Gasteiger partial charge in [-0.2, -0.15) is 10.2 Å². The number of azo groups is 1. The average molecular weight is 376 g/mol. The van der Waals surface area contributed by atoms with Gasteiger partial charge >= 0.3 is 0 Å². The summed E-state index contributed by atoms with van der Waals surface area (Å²) >= 11 is 0. The minimum absolute atomic E-state index is 0.0355. The molecule has 0 radical (unpaired) electrons. The fraction of sp³-hybridized carbons (Fsp3) is 0.750. The van der Waals surface area contributed by atoms with Crippen LogP contribution in [0.15, 0.2) is 33.5 Å². The van der Waals surface area contributed by atoms with Crippen LogP contribution in [0.2, 0.25) is 0 Å². The summed E-state index contributed by atoms with van der Waals surface area (Å²) in [5.41, 5.74) is -4.50. The van der Waals surface area contributed by atoms with Crippen LogP contribution in [0.1, 0.15) is 40.5 Å². The Balaban J connectivity index is 1.96. The van der Waals surface area contributed by atoms with E-state index in [1.165, 1.54) is 0 Å². The number of aliphatic hydroxyl groups excluding tert-OH is 1. The van der Waals surface area contributed by atoms with Gasteiger partial charge in [0.25, 0.3) is 0 Å². The lowest BCUT2D eigenvalue weighted by molar-refractivity contribution is -0.214. The first-order valence-corrected chi connectivity index (χ1v) is 9.55. The highest BCUT2D eigenvalue weighted by Crippen LogP contribution is 2.62. The highest BCUT2D eigenvalue weighted by Gasteiger charge is 2.70. The molecule has 0 aromatic heterocycles. The maximum atomic E-state index is 12.8. The predicted octanol–water partition coefficient (Wildman–Crippen LogP) is 1.12. The third kappa shape index (κ3) is 2.20. The minimum atomic E-state index is -1.79. The highest BCUT2D eigenvalue weighted by molar-refractivity contribution is 6.04. The summed E-state index contributed by atoms with van der Waals surface area (Å²) < 4.78 is 0. The quantitative estimate of drug-likeness (QED) is 0.511. The zero-order valence-electron chi connectivity index (χ0n) is 16.2. The van der Waals surface area contributed by atoms with Gasteiger partial charge in [0, 0.05) is 30.6 Å². The Morgan fingerprint density at radius 3 is 2.48 bits per heavy atom. The van der Waals surface area contributed by atoms with E-state index in [0.717, 1.165) is 0 Å². The minimum Gasteiger partial charge on any atom is -0.392 e. The van der Waals surface area contributed by atoms with Crippen molar-refractivity contribution in [3.63, 3.8) is 0 Å². The molecule has 7 nitrogen and oxygen atoms in total. The summed E-state index contributed by atoms with van der Waals surface area (Å²) in [6, 6.07) is 0. The monoisotopic (exact) mass is 376 g/mol. The van der Waals surface area contributed by atoms with Crippen molar-refractivity contribution in [2.45, 2.75) is 63.0 Å². The van der Waals surface area contributed by atoms with E-state index >= 15 is 0 Å². The van der Waals surface area contributed by atoms with Crippen molar-refractivity contribution in [1.82, 2.24) is 0 Å². The van der Waals surface area contributed by atoms with Crippen LogP contribution >= 0.6 is 0 Å². The van der Waals surface area contributed by atoms with Gasteiger partial charge in [-0.3, -0.25) is 4.79 Å². The Morgan fingerprint density at radius 1 is 1.19 bits per heavy atom. The Morgan fingerprint density at radius 2 is 1.85 bits per heavy atom. The number of ketones is 1. The number of nitrogens with zero attached hydrogens (tertiary/aromatic N) is 2. The van der Waals surface area contributed by atoms with E-state index in [0.29, 0.717) is 11.1 Å². The summed E-state index contributed by atoms with van der Waals surface area (Å²) in [6.07, 6.45) is 3.57. The molecular weight excluding hydrogens is 348 g/mol. The van der Waals surface area contributed by atoms with E-state index in [-0.39, 0.29) is 19.4 Å². The molecule has 7 atom stereocenters. The number of Topliss-reactive ketones (excluding diaryl/α,β-unsaturated/α-hetero) is 1. The molecule has 0 aromatic rings. The zero-order chi connectivity index (χ0) is 20.0. The van der Waals surface area contributed by atoms with Gasteiger partial charge in [-0.15, -0.1) is 0 Å². The van der Waals surface area contributed by atoms with Crippen molar-refractivity contribution in [3.8, 4) is 0 Å². The van der Waals surface area contributed by atoms with Crippen molar-refractivity contribution in [3.05, 3.63) is 23.3 Å². The average Bonchev–Trinajstić information content (AvgIpc) is 2.91. The van der Waals surface area contributed by atoms with E-state index in [1.807, 2.05) is 20.8 Å². The van der Waals surface area contributed by atoms with E-state index in [4.69, 9.17) is 0 Å². The second-order valence-electron chi connectivity index (χ2n) is 9.47. The van der Waals surface area contributed by atoms with Crippen molar-refractivity contribution in [2.75, 3.05) is 6.61 Å². The molecule has 148 valence electrons. The number of carbonyl (C=O) groups excluding carboxylic acids is 1. The highest BCUT2D eigenvalue weighted by atomic mass is 16.3. The lowest BCUT2D eigenvalue weighted by Crippen LogP contribution is -2.67. The Hall–Kier alpha value is -1.41. The summed E-state index contributed by atoms with van der Waals surface area (Å²) in [5, 5.41) is 53.0. The number of hydrogen-bond acceptors (Lipinski definition) is 7. The summed E-state index contributed by atoms with van der Waals surface area (Å²) in [5.74, 6) is -2.82. The smallest absolute Gasteiger partial charge is 0.190 e. The Labute approximate surface area is 158 Å². The van der Waals surface area contributed by atoms with Crippen molar-refractivity contribution in [1.29, 1.82) is 0 Å². The Bertz CT molecular complexity index is 802. The number of fused-ring (bicyclic) bond motifs is 5. The van der Waals surface area contributed by atoms with Gasteiger partial charge in [-0.25, -0.2) is 0 Å². The van der Waals surface area contributed by atoms with Gasteiger partial charge in [0.15, 0.2) is 11.5 Å². The zero-order valence-corrected chi connectivity index (χ0v) is 16.2. The molecule has 0 aromatic carbocycles. The topological polar surface area (TPSA) is 123 Å². The number of aliphatic hydroxyl groups is 4. The molecule has 27 heavy (non-hydrogen) atoms. The van der Waals surface area contributed by atoms with Gasteiger partial charge in [-0.05, 0) is 37.8 Å². The third-order valence-corrected chi connectivity index (χ3v) is 7.32. The standard InChI is InChI=1S/C20H28N2O5/c1-10-5-14-18(25,16(10)24)8-12(9-23)6-13-15-17(3,4)21-22-19(15,26)7-11(2)20(13,14)27/h5-6,11,13-15,23,25-27H,7-9H2,1-4H3/t11-,13?,14-,15?,18?,19+,20-/m1/s1. The molecule has 7 heteroatoms. The lowest BCUT2D eigenvalue weighted by atomic mass is 9.52. The molecule has 0 amide bonds. The van der Waals surface area contributed by atoms with Gasteiger partial charge in [0.05, 0.1) is 17.7 Å². The molecule has 3 aliphatic carbocycles. The first-order chi connectivity index (χ1) is 12.4. The molecule has 3 unspecified atom stereocenters. The van der Waals surface area contributed by atoms with Crippen LogP contribution in [-0.2, 0) is 4.79 Å². The van der Waals surface area contributed by atoms with Crippen LogP contribution in [0, 0.1) is 23.7 Å². The fourth-order valence-electron chi connectivity index (χ4n) is 6.17. The first-order valence-electron chi connectivity index (χ1n) is 9.55. The maximum absolute atomic E-state index is 12.8. The van der Waals surface area contributed by atoms with Crippen LogP contribution in [0.25, 0.3) is 0 Å². The van der Waals surface area contributed by atoms with E-state index in [1.54, 1.807) is 19.1 Å². The molecule has 1 aliphatic heterocycles. The van der Waals surface area contributed by atoms with Crippen LogP contribution in [0.4, 0.5) is 0 Å². The summed E-state index contributed by atoms with van der Waals surface area (Å²) in [7, 11) is 0. The van der Waals surface area contributed by atoms with Gasteiger partial charge in [-0.1, -0.05) is 19.1 Å². The summed E-state index contributed by atoms with van der Waals surface area (Å²) in [4.78, 5) is 12.8. The second-order valence-corrected chi connectivity index (χ2v) is 9.47. The van der Waals surface area contributed by atoms with Gasteiger partial charge in [0.1, 0.15) is 5.60 Å². The molecule has 1 heterocycles. The predicted molar refractivity (Wildman–Crippen MR) is 96.6 cm³/mol. The van der Waals surface area contributed by atoms with E-state index < -0.39 is 51.9 Å². The fourth-order valence-corrected chi connectivity index (χ4v) is 6.17. The number of carbonyl (C=O) groups is 1. The van der Waals surface area contributed by atoms with Crippen LogP contribution < -0.4 is 0 Å².